The van der Waals surface area contributed by atoms with Crippen molar-refractivity contribution in [1.29, 1.82) is 0 Å². The van der Waals surface area contributed by atoms with Crippen LogP contribution < -0.4 is 10.2 Å². The molecule has 2 aromatic heterocycles. The topological polar surface area (TPSA) is 64.3 Å². The predicted molar refractivity (Wildman–Crippen MR) is 135 cm³/mol. The number of halogens is 3. The number of nitrogens with zero attached hydrogens (tertiary/aromatic N) is 3. The van der Waals surface area contributed by atoms with Gasteiger partial charge in [0.1, 0.15) is 5.69 Å². The molecule has 6 nitrogen and oxygen atoms in total. The van der Waals surface area contributed by atoms with E-state index in [0.29, 0.717) is 31.0 Å². The maximum absolute atomic E-state index is 13.0. The zero-order chi connectivity index (χ0) is 25.1. The Balaban J connectivity index is 1.05. The number of piperazine rings is 1. The molecule has 1 saturated heterocycles. The molecule has 1 aliphatic rings. The molecule has 0 bridgehead atoms. The summed E-state index contributed by atoms with van der Waals surface area (Å²) in [5.41, 5.74) is 2.33. The highest BCUT2D eigenvalue weighted by Crippen LogP contribution is 2.32. The van der Waals surface area contributed by atoms with E-state index in [1.165, 1.54) is 12.1 Å². The molecular weight excluding hydrogens is 467 g/mol. The maximum atomic E-state index is 13.0. The van der Waals surface area contributed by atoms with Crippen molar-refractivity contribution in [2.45, 2.75) is 19.0 Å². The van der Waals surface area contributed by atoms with Gasteiger partial charge in [0, 0.05) is 54.7 Å². The number of H-pyrrole nitrogens is 1. The quantitative estimate of drug-likeness (QED) is 0.352. The fourth-order valence-electron chi connectivity index (χ4n) is 4.74. The van der Waals surface area contributed by atoms with Crippen molar-refractivity contribution in [2.24, 2.45) is 0 Å². The number of hydrogen-bond acceptors (Lipinski definition) is 4. The van der Waals surface area contributed by atoms with E-state index in [4.69, 9.17) is 0 Å². The van der Waals surface area contributed by atoms with Crippen molar-refractivity contribution in [3.63, 3.8) is 0 Å². The van der Waals surface area contributed by atoms with Crippen molar-refractivity contribution < 1.29 is 18.0 Å². The fourth-order valence-corrected chi connectivity index (χ4v) is 4.74. The molecular formula is C27H28F3N5O. The lowest BCUT2D eigenvalue weighted by molar-refractivity contribution is -0.137. The summed E-state index contributed by atoms with van der Waals surface area (Å²) >= 11 is 0. The average Bonchev–Trinajstić information content (AvgIpc) is 3.26. The second-order valence-corrected chi connectivity index (χ2v) is 9.13. The molecule has 1 amide bonds. The molecule has 0 spiro atoms. The van der Waals surface area contributed by atoms with Gasteiger partial charge in [0.2, 0.25) is 0 Å². The predicted octanol–water partition coefficient (Wildman–Crippen LogP) is 5.07. The number of carbonyl (C=O) groups is 1. The highest BCUT2D eigenvalue weighted by Gasteiger charge is 2.31. The van der Waals surface area contributed by atoms with Gasteiger partial charge in [-0.2, -0.15) is 13.2 Å². The number of pyridine rings is 1. The number of para-hydroxylation sites is 1. The molecule has 2 N–H and O–H groups in total. The second-order valence-electron chi connectivity index (χ2n) is 9.13. The van der Waals surface area contributed by atoms with Crippen LogP contribution in [0.25, 0.3) is 21.8 Å². The van der Waals surface area contributed by atoms with Crippen molar-refractivity contribution in [1.82, 2.24) is 20.2 Å². The number of aromatic nitrogens is 2. The molecule has 0 unspecified atom stereocenters. The second kappa shape index (κ2) is 10.2. The minimum absolute atomic E-state index is 0.183. The Kier molecular flexibility index (Phi) is 6.82. The SMILES string of the molecule is O=C(NCCCCN1CCN(c2cccc(C(F)(F)F)c2)CC1)c1cc2c(cn1)[nH]c1ccccc12. The molecule has 36 heavy (non-hydrogen) atoms. The van der Waals surface area contributed by atoms with E-state index in [9.17, 15) is 18.0 Å². The standard InChI is InChI=1S/C27H28F3N5O/c28-27(29,30)19-6-5-7-20(16-19)35-14-12-34(13-15-35)11-4-3-10-31-26(36)24-17-22-21-8-1-2-9-23(21)33-25(22)18-32-24/h1-2,5-9,16-18,33H,3-4,10-15H2,(H,31,36). The van der Waals surface area contributed by atoms with Gasteiger partial charge in [0.05, 0.1) is 17.3 Å². The lowest BCUT2D eigenvalue weighted by Gasteiger charge is -2.36. The van der Waals surface area contributed by atoms with E-state index in [1.807, 2.05) is 35.2 Å². The molecule has 9 heteroatoms. The highest BCUT2D eigenvalue weighted by atomic mass is 19.4. The first kappa shape index (κ1) is 24.1. The third-order valence-corrected chi connectivity index (χ3v) is 6.72. The van der Waals surface area contributed by atoms with E-state index in [-0.39, 0.29) is 5.91 Å². The molecule has 3 heterocycles. The minimum atomic E-state index is -4.33. The smallest absolute Gasteiger partial charge is 0.369 e. The zero-order valence-corrected chi connectivity index (χ0v) is 19.8. The molecule has 0 atom stereocenters. The third-order valence-electron chi connectivity index (χ3n) is 6.72. The Morgan fingerprint density at radius 3 is 2.56 bits per heavy atom. The number of nitrogens with one attached hydrogen (secondary N) is 2. The van der Waals surface area contributed by atoms with Crippen molar-refractivity contribution >= 4 is 33.4 Å². The number of hydrogen-bond donors (Lipinski definition) is 2. The van der Waals surface area contributed by atoms with Gasteiger partial charge in [-0.1, -0.05) is 24.3 Å². The van der Waals surface area contributed by atoms with Gasteiger partial charge in [-0.05, 0) is 49.7 Å². The molecule has 1 aliphatic heterocycles. The van der Waals surface area contributed by atoms with E-state index in [1.54, 1.807) is 12.3 Å². The van der Waals surface area contributed by atoms with E-state index in [0.717, 1.165) is 60.3 Å². The van der Waals surface area contributed by atoms with Crippen LogP contribution >= 0.6 is 0 Å². The molecule has 4 aromatic rings. The number of anilines is 1. The molecule has 2 aromatic carbocycles. The van der Waals surface area contributed by atoms with Crippen LogP contribution in [0, 0.1) is 0 Å². The number of unbranched alkanes of at least 4 members (excludes halogenated alkanes) is 1. The van der Waals surface area contributed by atoms with Crippen LogP contribution in [-0.4, -0.2) is 60.0 Å². The van der Waals surface area contributed by atoms with Crippen LogP contribution in [0.2, 0.25) is 0 Å². The van der Waals surface area contributed by atoms with Gasteiger partial charge in [0.25, 0.3) is 5.91 Å². The third kappa shape index (κ3) is 5.31. The summed E-state index contributed by atoms with van der Waals surface area (Å²) in [6.07, 6.45) is -0.858. The summed E-state index contributed by atoms with van der Waals surface area (Å²) in [6, 6.07) is 15.3. The summed E-state index contributed by atoms with van der Waals surface area (Å²) < 4.78 is 39.0. The molecule has 0 aliphatic carbocycles. The summed E-state index contributed by atoms with van der Waals surface area (Å²) in [5, 5.41) is 5.01. The van der Waals surface area contributed by atoms with E-state index < -0.39 is 11.7 Å². The first-order valence-electron chi connectivity index (χ1n) is 12.2. The largest absolute Gasteiger partial charge is 0.416 e. The first-order valence-corrected chi connectivity index (χ1v) is 12.2. The van der Waals surface area contributed by atoms with E-state index >= 15 is 0 Å². The number of alkyl halides is 3. The fraction of sp³-hybridized carbons (Fsp3) is 0.333. The normalized spacial score (nSPS) is 15.0. The number of amides is 1. The summed E-state index contributed by atoms with van der Waals surface area (Å²) in [4.78, 5) is 24.5. The van der Waals surface area contributed by atoms with Crippen LogP contribution in [0.15, 0.2) is 60.8 Å². The van der Waals surface area contributed by atoms with Crippen LogP contribution in [-0.2, 0) is 6.18 Å². The number of benzene rings is 2. The monoisotopic (exact) mass is 495 g/mol. The molecule has 188 valence electrons. The Labute approximate surface area is 207 Å². The Bertz CT molecular complexity index is 1360. The lowest BCUT2D eigenvalue weighted by Crippen LogP contribution is -2.46. The number of aromatic amines is 1. The Morgan fingerprint density at radius 2 is 1.75 bits per heavy atom. The molecule has 0 radical (unpaired) electrons. The van der Waals surface area contributed by atoms with Gasteiger partial charge in [0.15, 0.2) is 0 Å². The van der Waals surface area contributed by atoms with Crippen LogP contribution in [0.5, 0.6) is 0 Å². The van der Waals surface area contributed by atoms with Gasteiger partial charge in [-0.3, -0.25) is 9.69 Å². The minimum Gasteiger partial charge on any atom is -0.369 e. The number of fused-ring (bicyclic) bond motifs is 3. The first-order chi connectivity index (χ1) is 17.4. The zero-order valence-electron chi connectivity index (χ0n) is 19.8. The van der Waals surface area contributed by atoms with Crippen molar-refractivity contribution in [2.75, 3.05) is 44.2 Å². The molecule has 0 saturated carbocycles. The Hall–Kier alpha value is -3.59. The van der Waals surface area contributed by atoms with Gasteiger partial charge >= 0.3 is 6.18 Å². The summed E-state index contributed by atoms with van der Waals surface area (Å²) in [5.74, 6) is -0.183. The van der Waals surface area contributed by atoms with Gasteiger partial charge in [-0.25, -0.2) is 4.98 Å². The maximum Gasteiger partial charge on any atom is 0.416 e. The van der Waals surface area contributed by atoms with Crippen LogP contribution in [0.3, 0.4) is 0 Å². The van der Waals surface area contributed by atoms with Gasteiger partial charge in [-0.15, -0.1) is 0 Å². The van der Waals surface area contributed by atoms with Crippen molar-refractivity contribution in [3.05, 3.63) is 72.1 Å². The number of carbonyl (C=O) groups excluding carboxylic acids is 1. The molecule has 1 fully saturated rings. The van der Waals surface area contributed by atoms with Crippen LogP contribution in [0.4, 0.5) is 18.9 Å². The summed E-state index contributed by atoms with van der Waals surface area (Å²) in [6.45, 7) is 4.46. The average molecular weight is 496 g/mol. The molecule has 5 rings (SSSR count). The van der Waals surface area contributed by atoms with Crippen LogP contribution in [0.1, 0.15) is 28.9 Å². The lowest BCUT2D eigenvalue weighted by atomic mass is 10.1. The highest BCUT2D eigenvalue weighted by molar-refractivity contribution is 6.09. The number of rotatable bonds is 7. The van der Waals surface area contributed by atoms with Crippen molar-refractivity contribution in [3.8, 4) is 0 Å². The van der Waals surface area contributed by atoms with Gasteiger partial charge < -0.3 is 15.2 Å². The Morgan fingerprint density at radius 1 is 0.944 bits per heavy atom. The van der Waals surface area contributed by atoms with E-state index in [2.05, 4.69) is 20.2 Å². The summed E-state index contributed by atoms with van der Waals surface area (Å²) in [7, 11) is 0.